The Labute approximate surface area is 172 Å². The van der Waals surface area contributed by atoms with Gasteiger partial charge >= 0.3 is 5.97 Å². The molecule has 0 aliphatic rings. The first-order valence-corrected chi connectivity index (χ1v) is 9.65. The Balaban J connectivity index is 1.80. The monoisotopic (exact) mass is 415 g/mol. The lowest BCUT2D eigenvalue weighted by Crippen LogP contribution is -2.12. The van der Waals surface area contributed by atoms with Gasteiger partial charge in [-0.25, -0.2) is 14.8 Å². The predicted octanol–water partition coefficient (Wildman–Crippen LogP) is 3.87. The van der Waals surface area contributed by atoms with Crippen LogP contribution in [-0.4, -0.2) is 38.1 Å². The van der Waals surface area contributed by atoms with Crippen LogP contribution in [-0.2, 0) is 16.2 Å². The predicted molar refractivity (Wildman–Crippen MR) is 111 cm³/mol. The lowest BCUT2D eigenvalue weighted by atomic mass is 10.2. The zero-order chi connectivity index (χ0) is 20.6. The lowest BCUT2D eigenvalue weighted by molar-refractivity contribution is 0.0533. The van der Waals surface area contributed by atoms with Crippen LogP contribution in [0.1, 0.15) is 22.2 Å². The topological polar surface area (TPSA) is 91.3 Å². The number of methoxy groups -OCH3 is 2. The Morgan fingerprint density at radius 3 is 2.76 bits per heavy atom. The van der Waals surface area contributed by atoms with Crippen molar-refractivity contribution in [2.45, 2.75) is 13.5 Å². The SMILES string of the molecule is CCOC(=O)c1sc2nccc(OC)c2c1N=CNOCc1ccccc1OC. The largest absolute Gasteiger partial charge is 0.496 e. The first kappa shape index (κ1) is 20.6. The van der Waals surface area contributed by atoms with Crippen LogP contribution in [0.4, 0.5) is 5.69 Å². The Kier molecular flexibility index (Phi) is 6.99. The highest BCUT2D eigenvalue weighted by Gasteiger charge is 2.22. The van der Waals surface area contributed by atoms with Crippen LogP contribution in [0.5, 0.6) is 11.5 Å². The Bertz CT molecular complexity index is 1020. The molecule has 2 aromatic heterocycles. The second-order valence-electron chi connectivity index (χ2n) is 5.67. The smallest absolute Gasteiger partial charge is 0.350 e. The molecule has 0 aliphatic carbocycles. The fourth-order valence-corrected chi connectivity index (χ4v) is 3.68. The van der Waals surface area contributed by atoms with Gasteiger partial charge in [0, 0.05) is 11.8 Å². The Morgan fingerprint density at radius 1 is 1.21 bits per heavy atom. The molecule has 0 radical (unpaired) electrons. The van der Waals surface area contributed by atoms with Gasteiger partial charge in [-0.1, -0.05) is 18.2 Å². The molecular weight excluding hydrogens is 394 g/mol. The van der Waals surface area contributed by atoms with E-state index in [0.29, 0.717) is 26.5 Å². The van der Waals surface area contributed by atoms with Crippen molar-refractivity contribution in [3.05, 3.63) is 47.0 Å². The van der Waals surface area contributed by atoms with E-state index in [1.54, 1.807) is 33.4 Å². The molecule has 152 valence electrons. The molecule has 8 nitrogen and oxygen atoms in total. The van der Waals surface area contributed by atoms with E-state index >= 15 is 0 Å². The van der Waals surface area contributed by atoms with Gasteiger partial charge in [-0.15, -0.1) is 11.3 Å². The number of esters is 1. The summed E-state index contributed by atoms with van der Waals surface area (Å²) in [5.41, 5.74) is 3.97. The van der Waals surface area contributed by atoms with Crippen molar-refractivity contribution in [1.29, 1.82) is 0 Å². The molecule has 0 amide bonds. The standard InChI is InChI=1S/C20H21N3O5S/c1-4-27-20(24)18-17(16-15(26-3)9-10-21-19(16)29-18)22-12-23-28-11-13-7-5-6-8-14(13)25-2/h5-10,12H,4,11H2,1-3H3,(H,22,23). The molecule has 2 heterocycles. The van der Waals surface area contributed by atoms with E-state index in [9.17, 15) is 4.79 Å². The number of thiophene rings is 1. The summed E-state index contributed by atoms with van der Waals surface area (Å²) in [7, 11) is 3.16. The number of hydrogen-bond acceptors (Lipinski definition) is 8. The van der Waals surface area contributed by atoms with Gasteiger partial charge in [0.15, 0.2) is 0 Å². The average Bonchev–Trinajstić information content (AvgIpc) is 3.13. The van der Waals surface area contributed by atoms with E-state index in [4.69, 9.17) is 19.0 Å². The summed E-state index contributed by atoms with van der Waals surface area (Å²) in [5, 5.41) is 0.644. The molecule has 3 rings (SSSR count). The number of ether oxygens (including phenoxy) is 3. The summed E-state index contributed by atoms with van der Waals surface area (Å²) in [5.74, 6) is 0.846. The van der Waals surface area contributed by atoms with Gasteiger partial charge in [0.05, 0.1) is 26.2 Å². The van der Waals surface area contributed by atoms with E-state index in [1.165, 1.54) is 17.7 Å². The van der Waals surface area contributed by atoms with Gasteiger partial charge in [0.1, 0.15) is 39.8 Å². The maximum Gasteiger partial charge on any atom is 0.350 e. The molecule has 0 spiro atoms. The lowest BCUT2D eigenvalue weighted by Gasteiger charge is -2.08. The summed E-state index contributed by atoms with van der Waals surface area (Å²) in [6.45, 7) is 2.29. The normalized spacial score (nSPS) is 11.0. The van der Waals surface area contributed by atoms with Crippen molar-refractivity contribution in [3.8, 4) is 11.5 Å². The molecular formula is C20H21N3O5S. The summed E-state index contributed by atoms with van der Waals surface area (Å²) in [6, 6.07) is 9.26. The minimum absolute atomic E-state index is 0.265. The molecule has 0 aliphatic heterocycles. The van der Waals surface area contributed by atoms with Crippen LogP contribution < -0.4 is 15.0 Å². The molecule has 0 fully saturated rings. The first-order chi connectivity index (χ1) is 14.2. The van der Waals surface area contributed by atoms with Crippen molar-refractivity contribution in [2.75, 3.05) is 20.8 Å². The van der Waals surface area contributed by atoms with E-state index in [0.717, 1.165) is 11.3 Å². The van der Waals surface area contributed by atoms with E-state index in [2.05, 4.69) is 15.5 Å². The summed E-state index contributed by atoms with van der Waals surface area (Å²) >= 11 is 1.20. The molecule has 0 saturated heterocycles. The summed E-state index contributed by atoms with van der Waals surface area (Å²) in [6.07, 6.45) is 2.99. The van der Waals surface area contributed by atoms with Crippen LogP contribution in [0.2, 0.25) is 0 Å². The van der Waals surface area contributed by atoms with Crippen LogP contribution in [0, 0.1) is 0 Å². The Hall–Kier alpha value is -3.17. The number of aliphatic imine (C=N–C) groups is 1. The zero-order valence-corrected chi connectivity index (χ0v) is 17.1. The first-order valence-electron chi connectivity index (χ1n) is 8.84. The fraction of sp³-hybridized carbons (Fsp3) is 0.250. The zero-order valence-electron chi connectivity index (χ0n) is 16.3. The number of para-hydroxylation sites is 1. The highest BCUT2D eigenvalue weighted by Crippen LogP contribution is 2.42. The molecule has 0 unspecified atom stereocenters. The molecule has 1 aromatic carbocycles. The van der Waals surface area contributed by atoms with E-state index in [-0.39, 0.29) is 13.2 Å². The number of carbonyl (C=O) groups is 1. The maximum absolute atomic E-state index is 12.4. The number of carbonyl (C=O) groups excluding carboxylic acids is 1. The quantitative estimate of drug-likeness (QED) is 0.186. The highest BCUT2D eigenvalue weighted by atomic mass is 32.1. The number of nitrogens with one attached hydrogen (secondary N) is 1. The third-order valence-corrected chi connectivity index (χ3v) is 5.03. The van der Waals surface area contributed by atoms with Crippen LogP contribution in [0.3, 0.4) is 0 Å². The Morgan fingerprint density at radius 2 is 2.00 bits per heavy atom. The number of aromatic nitrogens is 1. The van der Waals surface area contributed by atoms with Gasteiger partial charge in [-0.2, -0.15) is 0 Å². The van der Waals surface area contributed by atoms with Crippen LogP contribution >= 0.6 is 11.3 Å². The van der Waals surface area contributed by atoms with Gasteiger partial charge in [-0.3, -0.25) is 10.3 Å². The average molecular weight is 415 g/mol. The summed E-state index contributed by atoms with van der Waals surface area (Å²) in [4.78, 5) is 27.5. The van der Waals surface area contributed by atoms with Crippen molar-refractivity contribution in [1.82, 2.24) is 10.5 Å². The molecule has 3 aromatic rings. The van der Waals surface area contributed by atoms with Crippen molar-refractivity contribution >= 4 is 39.5 Å². The number of pyridine rings is 1. The summed E-state index contributed by atoms with van der Waals surface area (Å²) < 4.78 is 15.8. The molecule has 0 saturated carbocycles. The highest BCUT2D eigenvalue weighted by molar-refractivity contribution is 7.21. The van der Waals surface area contributed by atoms with Gasteiger partial charge in [0.2, 0.25) is 0 Å². The molecule has 1 N–H and O–H groups in total. The molecule has 29 heavy (non-hydrogen) atoms. The van der Waals surface area contributed by atoms with Crippen molar-refractivity contribution < 1.29 is 23.8 Å². The number of nitrogens with zero attached hydrogens (tertiary/aromatic N) is 2. The second-order valence-corrected chi connectivity index (χ2v) is 6.67. The number of hydroxylamine groups is 1. The maximum atomic E-state index is 12.4. The minimum Gasteiger partial charge on any atom is -0.496 e. The number of rotatable bonds is 9. The minimum atomic E-state index is -0.459. The van der Waals surface area contributed by atoms with Gasteiger partial charge in [0.25, 0.3) is 0 Å². The fourth-order valence-electron chi connectivity index (χ4n) is 2.68. The third kappa shape index (κ3) is 4.64. The van der Waals surface area contributed by atoms with Crippen LogP contribution in [0.25, 0.3) is 10.2 Å². The number of hydrogen-bond donors (Lipinski definition) is 1. The third-order valence-electron chi connectivity index (χ3n) is 3.96. The van der Waals surface area contributed by atoms with E-state index < -0.39 is 5.97 Å². The van der Waals surface area contributed by atoms with Gasteiger partial charge < -0.3 is 14.2 Å². The molecule has 9 heteroatoms. The number of benzene rings is 1. The molecule has 0 atom stereocenters. The van der Waals surface area contributed by atoms with Crippen molar-refractivity contribution in [3.63, 3.8) is 0 Å². The number of fused-ring (bicyclic) bond motifs is 1. The second kappa shape index (κ2) is 9.85. The van der Waals surface area contributed by atoms with Gasteiger partial charge in [-0.05, 0) is 19.1 Å². The van der Waals surface area contributed by atoms with E-state index in [1.807, 2.05) is 24.3 Å². The van der Waals surface area contributed by atoms with Crippen molar-refractivity contribution in [2.24, 2.45) is 4.99 Å². The molecule has 0 bridgehead atoms. The van der Waals surface area contributed by atoms with Crippen LogP contribution in [0.15, 0.2) is 41.5 Å².